The maximum atomic E-state index is 2.28. The van der Waals surface area contributed by atoms with Crippen LogP contribution in [0, 0.1) is 6.92 Å². The minimum atomic E-state index is 1.17. The Morgan fingerprint density at radius 1 is 1.00 bits per heavy atom. The first-order valence-electron chi connectivity index (χ1n) is 6.37. The van der Waals surface area contributed by atoms with Crippen LogP contribution in [0.3, 0.4) is 0 Å². The Bertz CT molecular complexity index is 286. The van der Waals surface area contributed by atoms with Crippen molar-refractivity contribution >= 4 is 0 Å². The molecular formula is C15H24. The summed E-state index contributed by atoms with van der Waals surface area (Å²) in [5.74, 6) is 0. The second kappa shape index (κ2) is 6.66. The highest BCUT2D eigenvalue weighted by Gasteiger charge is 2.03. The van der Waals surface area contributed by atoms with Crippen molar-refractivity contribution in [3.8, 4) is 0 Å². The summed E-state index contributed by atoms with van der Waals surface area (Å²) < 4.78 is 0. The monoisotopic (exact) mass is 204 g/mol. The predicted octanol–water partition coefficient (Wildman–Crippen LogP) is 4.68. The number of aryl methyl sites for hydroxylation is 2. The SMILES string of the molecule is CCCCCCc1c(C)cccc1CC. The van der Waals surface area contributed by atoms with E-state index in [4.69, 9.17) is 0 Å². The summed E-state index contributed by atoms with van der Waals surface area (Å²) in [5, 5.41) is 0. The van der Waals surface area contributed by atoms with E-state index in [-0.39, 0.29) is 0 Å². The highest BCUT2D eigenvalue weighted by Crippen LogP contribution is 2.18. The molecule has 0 heterocycles. The van der Waals surface area contributed by atoms with Crippen molar-refractivity contribution in [2.75, 3.05) is 0 Å². The van der Waals surface area contributed by atoms with Gasteiger partial charge in [-0.3, -0.25) is 0 Å². The molecule has 0 aliphatic carbocycles. The normalized spacial score (nSPS) is 10.6. The van der Waals surface area contributed by atoms with Gasteiger partial charge in [0, 0.05) is 0 Å². The fraction of sp³-hybridized carbons (Fsp3) is 0.600. The molecule has 1 aromatic carbocycles. The Morgan fingerprint density at radius 3 is 2.47 bits per heavy atom. The van der Waals surface area contributed by atoms with Gasteiger partial charge in [-0.25, -0.2) is 0 Å². The van der Waals surface area contributed by atoms with Gasteiger partial charge >= 0.3 is 0 Å². The summed E-state index contributed by atoms with van der Waals surface area (Å²) >= 11 is 0. The molecule has 0 spiro atoms. The molecule has 1 aromatic rings. The Kier molecular flexibility index (Phi) is 5.45. The Balaban J connectivity index is 2.58. The van der Waals surface area contributed by atoms with E-state index in [1.54, 1.807) is 11.1 Å². The molecule has 0 nitrogen and oxygen atoms in total. The molecule has 0 aromatic heterocycles. The molecule has 0 bridgehead atoms. The van der Waals surface area contributed by atoms with Crippen LogP contribution in [-0.4, -0.2) is 0 Å². The molecule has 0 saturated carbocycles. The van der Waals surface area contributed by atoms with Gasteiger partial charge in [-0.1, -0.05) is 51.3 Å². The summed E-state index contributed by atoms with van der Waals surface area (Å²) in [6.07, 6.45) is 7.89. The van der Waals surface area contributed by atoms with Crippen molar-refractivity contribution in [2.24, 2.45) is 0 Å². The van der Waals surface area contributed by atoms with Crippen molar-refractivity contribution in [3.63, 3.8) is 0 Å². The number of hydrogen-bond donors (Lipinski definition) is 0. The summed E-state index contributed by atoms with van der Waals surface area (Å²) in [4.78, 5) is 0. The molecule has 1 rings (SSSR count). The molecule has 0 saturated heterocycles. The van der Waals surface area contributed by atoms with Crippen molar-refractivity contribution in [1.82, 2.24) is 0 Å². The zero-order chi connectivity index (χ0) is 11.1. The van der Waals surface area contributed by atoms with Crippen LogP contribution in [0.2, 0.25) is 0 Å². The van der Waals surface area contributed by atoms with Gasteiger partial charge in [0.2, 0.25) is 0 Å². The number of unbranched alkanes of at least 4 members (excludes halogenated alkanes) is 3. The summed E-state index contributed by atoms with van der Waals surface area (Å²) in [7, 11) is 0. The maximum absolute atomic E-state index is 2.28. The highest BCUT2D eigenvalue weighted by atomic mass is 14.1. The van der Waals surface area contributed by atoms with E-state index in [1.807, 2.05) is 0 Å². The third-order valence-corrected chi connectivity index (χ3v) is 3.17. The first kappa shape index (κ1) is 12.3. The van der Waals surface area contributed by atoms with Crippen LogP contribution in [0.1, 0.15) is 56.2 Å². The Labute approximate surface area is 94.7 Å². The van der Waals surface area contributed by atoms with Crippen molar-refractivity contribution in [1.29, 1.82) is 0 Å². The van der Waals surface area contributed by atoms with Crippen LogP contribution >= 0.6 is 0 Å². The molecule has 84 valence electrons. The topological polar surface area (TPSA) is 0 Å². The molecule has 0 aliphatic heterocycles. The van der Waals surface area contributed by atoms with Crippen LogP contribution in [0.4, 0.5) is 0 Å². The van der Waals surface area contributed by atoms with E-state index < -0.39 is 0 Å². The van der Waals surface area contributed by atoms with Gasteiger partial charge < -0.3 is 0 Å². The van der Waals surface area contributed by atoms with Crippen LogP contribution in [0.15, 0.2) is 18.2 Å². The van der Waals surface area contributed by atoms with Crippen LogP contribution in [0.25, 0.3) is 0 Å². The fourth-order valence-corrected chi connectivity index (χ4v) is 2.18. The summed E-state index contributed by atoms with van der Waals surface area (Å²) in [6, 6.07) is 6.71. The van der Waals surface area contributed by atoms with E-state index in [1.165, 1.54) is 44.1 Å². The van der Waals surface area contributed by atoms with E-state index in [0.717, 1.165) is 0 Å². The zero-order valence-corrected chi connectivity index (χ0v) is 10.5. The highest BCUT2D eigenvalue weighted by molar-refractivity contribution is 5.34. The quantitative estimate of drug-likeness (QED) is 0.590. The van der Waals surface area contributed by atoms with Gasteiger partial charge in [0.05, 0.1) is 0 Å². The smallest absolute Gasteiger partial charge is 0.0274 e. The summed E-state index contributed by atoms with van der Waals surface area (Å²) in [6.45, 7) is 6.77. The third kappa shape index (κ3) is 3.70. The van der Waals surface area contributed by atoms with Gasteiger partial charge in [-0.15, -0.1) is 0 Å². The second-order valence-corrected chi connectivity index (χ2v) is 4.38. The Morgan fingerprint density at radius 2 is 1.80 bits per heavy atom. The zero-order valence-electron chi connectivity index (χ0n) is 10.5. The largest absolute Gasteiger partial charge is 0.0654 e. The van der Waals surface area contributed by atoms with Gasteiger partial charge in [-0.05, 0) is 42.9 Å². The van der Waals surface area contributed by atoms with E-state index in [9.17, 15) is 0 Å². The lowest BCUT2D eigenvalue weighted by Crippen LogP contribution is -1.96. The van der Waals surface area contributed by atoms with E-state index in [0.29, 0.717) is 0 Å². The first-order chi connectivity index (χ1) is 7.29. The lowest BCUT2D eigenvalue weighted by atomic mass is 9.95. The van der Waals surface area contributed by atoms with Gasteiger partial charge in [-0.2, -0.15) is 0 Å². The minimum Gasteiger partial charge on any atom is -0.0654 e. The lowest BCUT2D eigenvalue weighted by molar-refractivity contribution is 0.663. The van der Waals surface area contributed by atoms with Crippen LogP contribution < -0.4 is 0 Å². The van der Waals surface area contributed by atoms with Crippen molar-refractivity contribution in [3.05, 3.63) is 34.9 Å². The molecule has 0 unspecified atom stereocenters. The number of benzene rings is 1. The van der Waals surface area contributed by atoms with Crippen molar-refractivity contribution < 1.29 is 0 Å². The number of rotatable bonds is 6. The third-order valence-electron chi connectivity index (χ3n) is 3.17. The second-order valence-electron chi connectivity index (χ2n) is 4.38. The average molecular weight is 204 g/mol. The molecule has 0 fully saturated rings. The molecule has 0 heteroatoms. The molecular weight excluding hydrogens is 180 g/mol. The molecule has 0 aliphatic rings. The molecule has 0 atom stereocenters. The van der Waals surface area contributed by atoms with Crippen LogP contribution in [-0.2, 0) is 12.8 Å². The van der Waals surface area contributed by atoms with E-state index in [2.05, 4.69) is 39.0 Å². The maximum Gasteiger partial charge on any atom is -0.0274 e. The van der Waals surface area contributed by atoms with E-state index >= 15 is 0 Å². The summed E-state index contributed by atoms with van der Waals surface area (Å²) in [5.41, 5.74) is 4.63. The standard InChI is InChI=1S/C15H24/c1-4-6-7-8-12-15-13(3)10-9-11-14(15)5-2/h9-11H,4-8,12H2,1-3H3. The number of hydrogen-bond acceptors (Lipinski definition) is 0. The molecule has 0 amide bonds. The minimum absolute atomic E-state index is 1.17. The molecule has 0 radical (unpaired) electrons. The molecule has 0 N–H and O–H groups in total. The Hall–Kier alpha value is -0.780. The lowest BCUT2D eigenvalue weighted by Gasteiger charge is -2.11. The van der Waals surface area contributed by atoms with Gasteiger partial charge in [0.1, 0.15) is 0 Å². The average Bonchev–Trinajstić information content (AvgIpc) is 2.26. The van der Waals surface area contributed by atoms with Crippen LogP contribution in [0.5, 0.6) is 0 Å². The predicted molar refractivity (Wildman–Crippen MR) is 68.4 cm³/mol. The van der Waals surface area contributed by atoms with Gasteiger partial charge in [0.15, 0.2) is 0 Å². The fourth-order valence-electron chi connectivity index (χ4n) is 2.18. The molecule has 15 heavy (non-hydrogen) atoms. The first-order valence-corrected chi connectivity index (χ1v) is 6.37. The van der Waals surface area contributed by atoms with Gasteiger partial charge in [0.25, 0.3) is 0 Å². The van der Waals surface area contributed by atoms with Crippen molar-refractivity contribution in [2.45, 2.75) is 59.3 Å².